The van der Waals surface area contributed by atoms with Crippen molar-refractivity contribution >= 4 is 131 Å². The lowest BCUT2D eigenvalue weighted by atomic mass is 9.88. The third-order valence-corrected chi connectivity index (χ3v) is 21.5. The molecule has 20 rings (SSSR count). The fourth-order valence-corrected chi connectivity index (χ4v) is 15.9. The van der Waals surface area contributed by atoms with Crippen molar-refractivity contribution in [2.75, 3.05) is 0 Å². The SMILES string of the molecule is Cc1cc[n+](C)c(-c2c(C)ccc3c2oc2cc4ccccc4cc23)c1.[2H]C([2H])([2H])c1c[n+](C)c(-c2c(C)ccc3c2oc2cc4ccccc4cc23)cc1C.[2H]C([2H])([2H])c1ccc(-c2c(C)ccc3c2oc2cc4ccccc4cc23)[n+](C)c1.[2H]C([2H])(c1cc[n+](C)c(-c2c(C)ccc3c2oc2cc4ccccc4cc23)c1)C(C)(C)C. The van der Waals surface area contributed by atoms with Gasteiger partial charge in [-0.3, -0.25) is 0 Å². The van der Waals surface area contributed by atoms with Crippen LogP contribution in [0.5, 0.6) is 0 Å². The minimum Gasteiger partial charge on any atom is -0.455 e. The molecule has 0 amide bonds. The lowest BCUT2D eigenvalue weighted by Crippen LogP contribution is -2.31. The van der Waals surface area contributed by atoms with Crippen LogP contribution in [0.2, 0.25) is 0 Å². The van der Waals surface area contributed by atoms with Crippen LogP contribution in [0.4, 0.5) is 0 Å². The van der Waals surface area contributed by atoms with E-state index in [1.807, 2.05) is 123 Å². The van der Waals surface area contributed by atoms with E-state index in [0.29, 0.717) is 16.7 Å². The molecular weight excluding hydrogens is 1330 g/mol. The Morgan fingerprint density at radius 3 is 0.991 bits per heavy atom. The van der Waals surface area contributed by atoms with Crippen molar-refractivity contribution in [3.63, 3.8) is 0 Å². The van der Waals surface area contributed by atoms with Gasteiger partial charge >= 0.3 is 0 Å². The summed E-state index contributed by atoms with van der Waals surface area (Å²) in [6.45, 7) is 13.9. The molecule has 12 aromatic carbocycles. The summed E-state index contributed by atoms with van der Waals surface area (Å²) in [5.41, 5.74) is 22.5. The quantitative estimate of drug-likeness (QED) is 0.161. The second kappa shape index (κ2) is 27.4. The highest BCUT2D eigenvalue weighted by molar-refractivity contribution is 6.17. The normalized spacial score (nSPS) is 13.3. The molecule has 0 saturated carbocycles. The van der Waals surface area contributed by atoms with E-state index in [4.69, 9.17) is 28.6 Å². The molecule has 109 heavy (non-hydrogen) atoms. The van der Waals surface area contributed by atoms with Crippen LogP contribution in [0.15, 0.2) is 279 Å². The molecule has 8 heterocycles. The highest BCUT2D eigenvalue weighted by atomic mass is 16.3. The average Bonchev–Trinajstić information content (AvgIpc) is 1.63. The first-order valence-corrected chi connectivity index (χ1v) is 37.1. The van der Waals surface area contributed by atoms with Crippen LogP contribution in [-0.2, 0) is 34.6 Å². The third-order valence-electron chi connectivity index (χ3n) is 21.5. The molecule has 0 aliphatic heterocycles. The van der Waals surface area contributed by atoms with E-state index in [1.54, 1.807) is 18.5 Å². The van der Waals surface area contributed by atoms with Crippen molar-refractivity contribution in [1.29, 1.82) is 0 Å². The van der Waals surface area contributed by atoms with Crippen molar-refractivity contribution in [2.45, 2.75) is 82.4 Å². The molecule has 0 saturated heterocycles. The lowest BCUT2D eigenvalue weighted by Gasteiger charge is -2.18. The molecule has 8 heteroatoms. The van der Waals surface area contributed by atoms with Crippen molar-refractivity contribution < 1.29 is 46.9 Å². The smallest absolute Gasteiger partial charge is 0.216 e. The summed E-state index contributed by atoms with van der Waals surface area (Å²) < 4.78 is 97.5. The van der Waals surface area contributed by atoms with E-state index in [0.717, 1.165) is 149 Å². The first-order valence-electron chi connectivity index (χ1n) is 41.1. The number of benzene rings is 12. The molecule has 0 spiro atoms. The summed E-state index contributed by atoms with van der Waals surface area (Å²) >= 11 is 0. The molecule has 20 aromatic rings. The molecule has 8 nitrogen and oxygen atoms in total. The summed E-state index contributed by atoms with van der Waals surface area (Å²) in [5.74, 6) is 0. The second-order valence-corrected chi connectivity index (χ2v) is 30.5. The van der Waals surface area contributed by atoms with Gasteiger partial charge in [-0.25, -0.2) is 18.3 Å². The number of hydrogen-bond donors (Lipinski definition) is 0. The molecular formula is C101H90N4O4+4. The molecule has 0 aliphatic carbocycles. The number of furan rings is 4. The maximum absolute atomic E-state index is 8.77. The van der Waals surface area contributed by atoms with Crippen LogP contribution in [0.25, 0.3) is 176 Å². The van der Waals surface area contributed by atoms with Gasteiger partial charge in [0.25, 0.3) is 0 Å². The molecule has 0 bridgehead atoms. The molecule has 0 radical (unpaired) electrons. The first-order chi connectivity index (χ1) is 55.8. The highest BCUT2D eigenvalue weighted by Gasteiger charge is 2.27. The summed E-state index contributed by atoms with van der Waals surface area (Å²) in [6.07, 6.45) is 5.98. The minimum absolute atomic E-state index is 0.324. The van der Waals surface area contributed by atoms with Gasteiger partial charge < -0.3 is 17.7 Å². The Labute approximate surface area is 646 Å². The van der Waals surface area contributed by atoms with E-state index >= 15 is 0 Å². The number of hydrogen-bond acceptors (Lipinski definition) is 4. The number of pyridine rings is 4. The van der Waals surface area contributed by atoms with Gasteiger partial charge in [0.1, 0.15) is 72.9 Å². The molecule has 0 atom stereocenters. The zero-order valence-corrected chi connectivity index (χ0v) is 63.7. The van der Waals surface area contributed by atoms with Gasteiger partial charge in [0.15, 0.2) is 24.8 Å². The van der Waals surface area contributed by atoms with Gasteiger partial charge in [0, 0.05) is 102 Å². The van der Waals surface area contributed by atoms with Crippen LogP contribution in [0, 0.1) is 60.7 Å². The maximum Gasteiger partial charge on any atom is 0.216 e. The molecule has 8 aromatic heterocycles. The van der Waals surface area contributed by atoms with Gasteiger partial charge in [-0.2, -0.15) is 0 Å². The predicted octanol–water partition coefficient (Wildman–Crippen LogP) is 25.0. The molecule has 0 N–H and O–H groups in total. The molecule has 0 fully saturated rings. The Kier molecular flexibility index (Phi) is 15.2. The van der Waals surface area contributed by atoms with Crippen molar-refractivity contribution in [3.05, 3.63) is 311 Å². The molecule has 534 valence electrons. The van der Waals surface area contributed by atoms with Gasteiger partial charge in [0.05, 0.1) is 22.3 Å². The van der Waals surface area contributed by atoms with Gasteiger partial charge in [-0.1, -0.05) is 166 Å². The average molecular weight is 1430 g/mol. The number of fused-ring (bicyclic) bond motifs is 16. The van der Waals surface area contributed by atoms with Gasteiger partial charge in [-0.15, -0.1) is 0 Å². The maximum atomic E-state index is 8.77. The Morgan fingerprint density at radius 1 is 0.294 bits per heavy atom. The van der Waals surface area contributed by atoms with Crippen LogP contribution >= 0.6 is 0 Å². The lowest BCUT2D eigenvalue weighted by molar-refractivity contribution is -0.660. The topological polar surface area (TPSA) is 68.1 Å². The van der Waals surface area contributed by atoms with E-state index in [1.165, 1.54) is 60.1 Å². The van der Waals surface area contributed by atoms with Gasteiger partial charge in [-0.05, 0) is 204 Å². The second-order valence-electron chi connectivity index (χ2n) is 30.5. The Morgan fingerprint density at radius 2 is 0.633 bits per heavy atom. The fraction of sp³-hybridized carbons (Fsp3) is 0.168. The van der Waals surface area contributed by atoms with Gasteiger partial charge in [0.2, 0.25) is 22.8 Å². The first kappa shape index (κ1) is 60.6. The number of rotatable bonds is 5. The summed E-state index contributed by atoms with van der Waals surface area (Å²) in [7, 11) is 7.85. The zero-order chi connectivity index (χ0) is 82.2. The monoisotopic (exact) mass is 1430 g/mol. The number of nitrogens with zero attached hydrogens (tertiary/aromatic N) is 4. The Bertz CT molecular complexity index is 7460. The third kappa shape index (κ3) is 12.8. The predicted molar refractivity (Wildman–Crippen MR) is 452 cm³/mol. The van der Waals surface area contributed by atoms with Crippen LogP contribution in [-0.4, -0.2) is 0 Å². The summed E-state index contributed by atoms with van der Waals surface area (Å²) in [6, 6.07) is 81.3. The van der Waals surface area contributed by atoms with Crippen molar-refractivity contribution in [3.8, 4) is 45.0 Å². The van der Waals surface area contributed by atoms with E-state index in [9.17, 15) is 0 Å². The highest BCUT2D eigenvalue weighted by Crippen LogP contribution is 2.44. The van der Waals surface area contributed by atoms with E-state index in [2.05, 4.69) is 228 Å². The van der Waals surface area contributed by atoms with Crippen LogP contribution in [0.1, 0.15) is 81.8 Å². The molecule has 0 aliphatic rings. The summed E-state index contributed by atoms with van der Waals surface area (Å²) in [4.78, 5) is 0. The number of aromatic nitrogens is 4. The van der Waals surface area contributed by atoms with E-state index in [-0.39, 0.29) is 0 Å². The fourth-order valence-electron chi connectivity index (χ4n) is 15.9. The largest absolute Gasteiger partial charge is 0.455 e. The Hall–Kier alpha value is -12.5. The summed E-state index contributed by atoms with van der Waals surface area (Å²) in [5, 5.41) is 18.3. The van der Waals surface area contributed by atoms with Crippen LogP contribution < -0.4 is 18.3 Å². The standard InChI is InChI=1S/C28H28NO.C25H22NO.2C24H20NO/c1-18-10-11-22-23-15-20-8-6-7-9-21(20)16-25(23)30-27(22)26(18)24-14-19(12-13-29(24)5)17-28(2,3)4;1-15-9-10-20-21-12-18-7-5-6-8-19(18)13-23(21)27-25(20)24(15)22-11-16(2)17(3)14-26(22)4;1-15-8-11-21(25(3)14-15)23-16(2)9-10-19-20-12-17-6-4-5-7-18(17)13-22(20)26-24(19)23;1-15-10-11-25(3)21(12-15)23-16(2)8-9-19-20-13-17-6-4-5-7-18(17)14-22(20)26-24(19)23/h6-16H,17H2,1-5H3;5-14H,1-4H3;2*4-14H,1-3H3/q4*+1/i17D2;3D3;1D3;. The number of aryl methyl sites for hydroxylation is 12. The van der Waals surface area contributed by atoms with Crippen LogP contribution in [0.3, 0.4) is 0 Å². The van der Waals surface area contributed by atoms with E-state index < -0.39 is 25.5 Å². The molecule has 0 unspecified atom stereocenters. The zero-order valence-electron chi connectivity index (χ0n) is 71.7. The minimum atomic E-state index is -2.14. The Balaban J connectivity index is 0.000000112. The van der Waals surface area contributed by atoms with Crippen molar-refractivity contribution in [1.82, 2.24) is 0 Å². The van der Waals surface area contributed by atoms with Crippen molar-refractivity contribution in [2.24, 2.45) is 33.6 Å².